The number of benzene rings is 1. The minimum Gasteiger partial charge on any atom is -0.492 e. The molecule has 5 heteroatoms. The van der Waals surface area contributed by atoms with E-state index in [1.54, 1.807) is 12.4 Å². The fraction of sp³-hybridized carbons (Fsp3) is 0.250. The molecule has 0 aliphatic carbocycles. The van der Waals surface area contributed by atoms with Crippen molar-refractivity contribution in [2.24, 2.45) is 0 Å². The Balaban J connectivity index is 1.76. The Morgan fingerprint density at radius 2 is 2.14 bits per heavy atom. The van der Waals surface area contributed by atoms with E-state index >= 15 is 0 Å². The van der Waals surface area contributed by atoms with Gasteiger partial charge in [0.05, 0.1) is 23.5 Å². The lowest BCUT2D eigenvalue weighted by Gasteiger charge is -2.14. The lowest BCUT2D eigenvalue weighted by molar-refractivity contribution is -0.122. The summed E-state index contributed by atoms with van der Waals surface area (Å²) in [6, 6.07) is 11.3. The van der Waals surface area contributed by atoms with E-state index in [2.05, 4.69) is 26.2 Å². The van der Waals surface area contributed by atoms with Gasteiger partial charge in [0.15, 0.2) is 0 Å². The predicted molar refractivity (Wildman–Crippen MR) is 85.0 cm³/mol. The number of rotatable bonds is 6. The Hall–Kier alpha value is -1.88. The molecule has 1 amide bonds. The zero-order chi connectivity index (χ0) is 15.1. The molecular weight excluding hydrogens is 332 g/mol. The first-order valence-corrected chi connectivity index (χ1v) is 7.52. The van der Waals surface area contributed by atoms with Crippen LogP contribution in [-0.4, -0.2) is 17.5 Å². The maximum absolute atomic E-state index is 11.9. The molecule has 0 saturated carbocycles. The molecule has 1 heterocycles. The third-order valence-electron chi connectivity index (χ3n) is 2.99. The average Bonchev–Trinajstić information content (AvgIpc) is 2.50. The third kappa shape index (κ3) is 4.86. The molecule has 21 heavy (non-hydrogen) atoms. The van der Waals surface area contributed by atoms with Crippen molar-refractivity contribution in [2.45, 2.75) is 19.4 Å². The molecule has 0 saturated heterocycles. The van der Waals surface area contributed by atoms with E-state index in [1.165, 1.54) is 0 Å². The number of hydrogen-bond acceptors (Lipinski definition) is 3. The standard InChI is InChI=1S/C16H17BrN2O2/c1-12(13-5-4-9-18-11-13)19-16(20)8-10-21-15-7-3-2-6-14(15)17/h2-7,9,11-12H,8,10H2,1H3,(H,19,20). The van der Waals surface area contributed by atoms with Gasteiger partial charge in [0, 0.05) is 12.4 Å². The van der Waals surface area contributed by atoms with Gasteiger partial charge in [-0.15, -0.1) is 0 Å². The van der Waals surface area contributed by atoms with Gasteiger partial charge in [0.25, 0.3) is 0 Å². The van der Waals surface area contributed by atoms with E-state index in [0.717, 1.165) is 15.8 Å². The number of carbonyl (C=O) groups is 1. The van der Waals surface area contributed by atoms with Gasteiger partial charge in [-0.2, -0.15) is 0 Å². The van der Waals surface area contributed by atoms with Gasteiger partial charge in [-0.05, 0) is 46.6 Å². The molecule has 0 radical (unpaired) electrons. The number of para-hydroxylation sites is 1. The van der Waals surface area contributed by atoms with Crippen LogP contribution in [0.2, 0.25) is 0 Å². The number of carbonyl (C=O) groups excluding carboxylic acids is 1. The Kier molecular flexibility index (Phi) is 5.75. The number of pyridine rings is 1. The number of aromatic nitrogens is 1. The van der Waals surface area contributed by atoms with E-state index < -0.39 is 0 Å². The first-order chi connectivity index (χ1) is 10.2. The molecule has 4 nitrogen and oxygen atoms in total. The van der Waals surface area contributed by atoms with Gasteiger partial charge in [-0.3, -0.25) is 9.78 Å². The highest BCUT2D eigenvalue weighted by molar-refractivity contribution is 9.10. The fourth-order valence-corrected chi connectivity index (χ4v) is 2.24. The van der Waals surface area contributed by atoms with Crippen molar-refractivity contribution in [1.29, 1.82) is 0 Å². The topological polar surface area (TPSA) is 51.2 Å². The summed E-state index contributed by atoms with van der Waals surface area (Å²) in [6.45, 7) is 2.28. The summed E-state index contributed by atoms with van der Waals surface area (Å²) < 4.78 is 6.46. The summed E-state index contributed by atoms with van der Waals surface area (Å²) in [5, 5.41) is 2.93. The van der Waals surface area contributed by atoms with Gasteiger partial charge >= 0.3 is 0 Å². The quantitative estimate of drug-likeness (QED) is 0.869. The Bertz CT molecular complexity index is 590. The predicted octanol–water partition coefficient (Wildman–Crippen LogP) is 3.49. The fourth-order valence-electron chi connectivity index (χ4n) is 1.84. The highest BCUT2D eigenvalue weighted by Gasteiger charge is 2.09. The summed E-state index contributed by atoms with van der Waals surface area (Å²) in [5.41, 5.74) is 0.984. The normalized spacial score (nSPS) is 11.7. The van der Waals surface area contributed by atoms with Crippen molar-refractivity contribution in [1.82, 2.24) is 10.3 Å². The molecule has 1 N–H and O–H groups in total. The van der Waals surface area contributed by atoms with Crippen LogP contribution in [0.15, 0.2) is 53.3 Å². The molecule has 0 aliphatic rings. The van der Waals surface area contributed by atoms with Crippen molar-refractivity contribution in [3.63, 3.8) is 0 Å². The van der Waals surface area contributed by atoms with Crippen LogP contribution in [0.1, 0.15) is 24.9 Å². The Morgan fingerprint density at radius 1 is 1.33 bits per heavy atom. The zero-order valence-electron chi connectivity index (χ0n) is 11.8. The second-order valence-electron chi connectivity index (χ2n) is 4.60. The van der Waals surface area contributed by atoms with Crippen LogP contribution in [-0.2, 0) is 4.79 Å². The highest BCUT2D eigenvalue weighted by Crippen LogP contribution is 2.23. The number of nitrogens with zero attached hydrogens (tertiary/aromatic N) is 1. The minimum absolute atomic E-state index is 0.0431. The maximum atomic E-state index is 11.9. The van der Waals surface area contributed by atoms with E-state index in [9.17, 15) is 4.79 Å². The molecule has 1 aromatic heterocycles. The van der Waals surface area contributed by atoms with E-state index in [-0.39, 0.29) is 11.9 Å². The number of nitrogens with one attached hydrogen (secondary N) is 1. The van der Waals surface area contributed by atoms with Crippen molar-refractivity contribution < 1.29 is 9.53 Å². The van der Waals surface area contributed by atoms with Crippen LogP contribution >= 0.6 is 15.9 Å². The first-order valence-electron chi connectivity index (χ1n) is 6.73. The molecule has 0 spiro atoms. The number of amides is 1. The van der Waals surface area contributed by atoms with Gasteiger partial charge in [0.1, 0.15) is 5.75 Å². The molecule has 1 aromatic carbocycles. The largest absolute Gasteiger partial charge is 0.492 e. The van der Waals surface area contributed by atoms with E-state index in [4.69, 9.17) is 4.74 Å². The van der Waals surface area contributed by atoms with Crippen LogP contribution < -0.4 is 10.1 Å². The summed E-state index contributed by atoms with van der Waals surface area (Å²) >= 11 is 3.40. The van der Waals surface area contributed by atoms with Crippen LogP contribution in [0.5, 0.6) is 5.75 Å². The zero-order valence-corrected chi connectivity index (χ0v) is 13.3. The average molecular weight is 349 g/mol. The van der Waals surface area contributed by atoms with Gasteiger partial charge < -0.3 is 10.1 Å². The molecule has 0 fully saturated rings. The second kappa shape index (κ2) is 7.78. The lowest BCUT2D eigenvalue weighted by atomic mass is 10.1. The van der Waals surface area contributed by atoms with E-state index in [1.807, 2.05) is 43.3 Å². The van der Waals surface area contributed by atoms with Crippen LogP contribution in [0, 0.1) is 0 Å². The molecule has 2 aromatic rings. The monoisotopic (exact) mass is 348 g/mol. The number of halogens is 1. The minimum atomic E-state index is -0.0605. The van der Waals surface area contributed by atoms with Crippen molar-refractivity contribution >= 4 is 21.8 Å². The smallest absolute Gasteiger partial charge is 0.223 e. The molecule has 1 unspecified atom stereocenters. The number of ether oxygens (including phenoxy) is 1. The summed E-state index contributed by atoms with van der Waals surface area (Å²) in [5.74, 6) is 0.698. The van der Waals surface area contributed by atoms with Gasteiger partial charge in [-0.1, -0.05) is 18.2 Å². The van der Waals surface area contributed by atoms with Crippen LogP contribution in [0.4, 0.5) is 0 Å². The van der Waals surface area contributed by atoms with Crippen molar-refractivity contribution in [2.75, 3.05) is 6.61 Å². The van der Waals surface area contributed by atoms with Gasteiger partial charge in [0.2, 0.25) is 5.91 Å². The highest BCUT2D eigenvalue weighted by atomic mass is 79.9. The molecule has 1 atom stereocenters. The van der Waals surface area contributed by atoms with Crippen molar-refractivity contribution in [3.8, 4) is 5.75 Å². The Labute approximate surface area is 132 Å². The molecule has 0 bridgehead atoms. The summed E-state index contributed by atoms with van der Waals surface area (Å²) in [6.07, 6.45) is 3.78. The van der Waals surface area contributed by atoms with Crippen LogP contribution in [0.25, 0.3) is 0 Å². The summed E-state index contributed by atoms with van der Waals surface area (Å²) in [7, 11) is 0. The molecular formula is C16H17BrN2O2. The molecule has 0 aliphatic heterocycles. The molecule has 2 rings (SSSR count). The number of hydrogen-bond donors (Lipinski definition) is 1. The second-order valence-corrected chi connectivity index (χ2v) is 5.46. The van der Waals surface area contributed by atoms with Crippen LogP contribution in [0.3, 0.4) is 0 Å². The first kappa shape index (κ1) is 15.5. The third-order valence-corrected chi connectivity index (χ3v) is 3.64. The Morgan fingerprint density at radius 3 is 2.86 bits per heavy atom. The molecule has 110 valence electrons. The van der Waals surface area contributed by atoms with Crippen molar-refractivity contribution in [3.05, 3.63) is 58.8 Å². The summed E-state index contributed by atoms with van der Waals surface area (Å²) in [4.78, 5) is 15.9. The maximum Gasteiger partial charge on any atom is 0.223 e. The SMILES string of the molecule is CC(NC(=O)CCOc1ccccc1Br)c1cccnc1. The van der Waals surface area contributed by atoms with Gasteiger partial charge in [-0.25, -0.2) is 0 Å². The van der Waals surface area contributed by atoms with E-state index in [0.29, 0.717) is 13.0 Å². The lowest BCUT2D eigenvalue weighted by Crippen LogP contribution is -2.27.